The lowest BCUT2D eigenvalue weighted by molar-refractivity contribution is -0.138. The van der Waals surface area contributed by atoms with Crippen molar-refractivity contribution in [2.24, 2.45) is 0 Å². The van der Waals surface area contributed by atoms with Gasteiger partial charge in [0.2, 0.25) is 11.8 Å². The summed E-state index contributed by atoms with van der Waals surface area (Å²) < 4.78 is 45.2. The van der Waals surface area contributed by atoms with Crippen molar-refractivity contribution in [3.05, 3.63) is 59.5 Å². The first-order valence-electron chi connectivity index (χ1n) is 9.26. The van der Waals surface area contributed by atoms with E-state index in [4.69, 9.17) is 4.74 Å². The Morgan fingerprint density at radius 2 is 1.84 bits per heavy atom. The minimum atomic E-state index is -4.51. The van der Waals surface area contributed by atoms with Crippen LogP contribution < -0.4 is 15.4 Å². The zero-order valence-electron chi connectivity index (χ0n) is 16.7. The van der Waals surface area contributed by atoms with Crippen molar-refractivity contribution in [3.63, 3.8) is 0 Å². The van der Waals surface area contributed by atoms with E-state index in [1.807, 2.05) is 0 Å². The molecule has 164 valence electrons. The van der Waals surface area contributed by atoms with E-state index in [0.29, 0.717) is 11.3 Å². The van der Waals surface area contributed by atoms with E-state index in [-0.39, 0.29) is 30.3 Å². The van der Waals surface area contributed by atoms with Gasteiger partial charge in [0.25, 0.3) is 0 Å². The van der Waals surface area contributed by atoms with Gasteiger partial charge in [0.05, 0.1) is 31.7 Å². The average Bonchev–Trinajstić information content (AvgIpc) is 3.13. The fourth-order valence-corrected chi connectivity index (χ4v) is 3.00. The predicted molar refractivity (Wildman–Crippen MR) is 104 cm³/mol. The Kier molecular flexibility index (Phi) is 6.42. The number of aromatic nitrogens is 3. The van der Waals surface area contributed by atoms with Crippen molar-refractivity contribution in [2.75, 3.05) is 7.11 Å². The van der Waals surface area contributed by atoms with Crippen LogP contribution in [0.4, 0.5) is 13.2 Å². The molecular formula is C20H20F3N5O3. The highest BCUT2D eigenvalue weighted by Crippen LogP contribution is 2.29. The van der Waals surface area contributed by atoms with Crippen LogP contribution in [0.5, 0.6) is 5.75 Å². The van der Waals surface area contributed by atoms with Gasteiger partial charge in [0.1, 0.15) is 5.75 Å². The Hall–Kier alpha value is -3.63. The molecule has 0 spiro atoms. The number of hydrogen-bond donors (Lipinski definition) is 2. The van der Waals surface area contributed by atoms with Crippen molar-refractivity contribution in [1.82, 2.24) is 25.2 Å². The van der Waals surface area contributed by atoms with Crippen LogP contribution in [-0.4, -0.2) is 33.5 Å². The quantitative estimate of drug-likeness (QED) is 0.595. The first-order chi connectivity index (χ1) is 14.7. The SMILES string of the molecule is COc1ccc([C@@H](CC(=O)NCc2nnc3ccc(C(F)(F)F)cn23)NC(C)=O)cc1. The third-order valence-corrected chi connectivity index (χ3v) is 4.53. The van der Waals surface area contributed by atoms with Crippen LogP contribution in [0.3, 0.4) is 0 Å². The smallest absolute Gasteiger partial charge is 0.417 e. The number of nitrogens with zero attached hydrogens (tertiary/aromatic N) is 3. The van der Waals surface area contributed by atoms with Crippen molar-refractivity contribution < 1.29 is 27.5 Å². The summed E-state index contributed by atoms with van der Waals surface area (Å²) in [5, 5.41) is 13.0. The van der Waals surface area contributed by atoms with Gasteiger partial charge in [0, 0.05) is 13.1 Å². The molecule has 3 aromatic rings. The molecule has 2 amide bonds. The fraction of sp³-hybridized carbons (Fsp3) is 0.300. The summed E-state index contributed by atoms with van der Waals surface area (Å²) in [6, 6.07) is 8.42. The molecule has 0 saturated heterocycles. The Balaban J connectivity index is 1.70. The van der Waals surface area contributed by atoms with Gasteiger partial charge >= 0.3 is 6.18 Å². The van der Waals surface area contributed by atoms with Crippen LogP contribution in [0, 0.1) is 0 Å². The maximum atomic E-state index is 13.0. The van der Waals surface area contributed by atoms with E-state index < -0.39 is 23.7 Å². The molecule has 0 fully saturated rings. The van der Waals surface area contributed by atoms with Crippen molar-refractivity contribution in [1.29, 1.82) is 0 Å². The Morgan fingerprint density at radius 1 is 1.13 bits per heavy atom. The molecule has 1 atom stereocenters. The zero-order chi connectivity index (χ0) is 22.6. The molecule has 8 nitrogen and oxygen atoms in total. The molecule has 1 aromatic carbocycles. The van der Waals surface area contributed by atoms with Gasteiger partial charge < -0.3 is 15.4 Å². The maximum absolute atomic E-state index is 13.0. The monoisotopic (exact) mass is 435 g/mol. The summed E-state index contributed by atoms with van der Waals surface area (Å²) in [5.74, 6) is 0.0525. The third-order valence-electron chi connectivity index (χ3n) is 4.53. The Labute approximate surface area is 175 Å². The van der Waals surface area contributed by atoms with Gasteiger partial charge in [-0.25, -0.2) is 0 Å². The van der Waals surface area contributed by atoms with Gasteiger partial charge in [-0.15, -0.1) is 10.2 Å². The minimum Gasteiger partial charge on any atom is -0.497 e. The first-order valence-corrected chi connectivity index (χ1v) is 9.26. The number of rotatable bonds is 7. The lowest BCUT2D eigenvalue weighted by Gasteiger charge is -2.18. The van der Waals surface area contributed by atoms with E-state index in [9.17, 15) is 22.8 Å². The average molecular weight is 435 g/mol. The standard InChI is InChI=1S/C20H20F3N5O3/c1-12(29)25-16(13-3-6-15(31-2)7-4-13)9-19(30)24-10-18-27-26-17-8-5-14(11-28(17)18)20(21,22)23/h3-8,11,16H,9-10H2,1-2H3,(H,24,30)(H,25,29)/t16-/m1/s1. The number of ether oxygens (including phenoxy) is 1. The number of pyridine rings is 1. The number of benzene rings is 1. The first kappa shape index (κ1) is 22.1. The highest BCUT2D eigenvalue weighted by Gasteiger charge is 2.31. The highest BCUT2D eigenvalue weighted by molar-refractivity contribution is 5.79. The predicted octanol–water partition coefficient (Wildman–Crippen LogP) is 2.64. The number of hydrogen-bond acceptors (Lipinski definition) is 5. The van der Waals surface area contributed by atoms with Crippen LogP contribution in [0.15, 0.2) is 42.6 Å². The number of amides is 2. The van der Waals surface area contributed by atoms with E-state index in [2.05, 4.69) is 20.8 Å². The third kappa shape index (κ3) is 5.50. The van der Waals surface area contributed by atoms with Crippen molar-refractivity contribution >= 4 is 17.5 Å². The van der Waals surface area contributed by atoms with Crippen LogP contribution in [0.2, 0.25) is 0 Å². The Bertz CT molecular complexity index is 1080. The van der Waals surface area contributed by atoms with Crippen LogP contribution in [0.25, 0.3) is 5.65 Å². The molecule has 2 heterocycles. The topological polar surface area (TPSA) is 97.6 Å². The molecule has 0 radical (unpaired) electrons. The number of nitrogens with one attached hydrogen (secondary N) is 2. The van der Waals surface area contributed by atoms with Gasteiger partial charge in [0.15, 0.2) is 11.5 Å². The summed E-state index contributed by atoms with van der Waals surface area (Å²) in [6.45, 7) is 1.21. The summed E-state index contributed by atoms with van der Waals surface area (Å²) in [5.41, 5.74) is 0.0816. The van der Waals surface area contributed by atoms with Crippen LogP contribution >= 0.6 is 0 Å². The van der Waals surface area contributed by atoms with Crippen molar-refractivity contribution in [3.8, 4) is 5.75 Å². The van der Waals surface area contributed by atoms with Crippen LogP contribution in [0.1, 0.15) is 36.3 Å². The maximum Gasteiger partial charge on any atom is 0.417 e. The summed E-state index contributed by atoms with van der Waals surface area (Å²) in [6.07, 6.45) is -3.70. The second kappa shape index (κ2) is 9.02. The largest absolute Gasteiger partial charge is 0.497 e. The second-order valence-electron chi connectivity index (χ2n) is 6.77. The van der Waals surface area contributed by atoms with Crippen molar-refractivity contribution in [2.45, 2.75) is 32.1 Å². The molecule has 31 heavy (non-hydrogen) atoms. The molecule has 0 unspecified atom stereocenters. The molecule has 2 aromatic heterocycles. The van der Waals surface area contributed by atoms with Gasteiger partial charge in [-0.1, -0.05) is 12.1 Å². The fourth-order valence-electron chi connectivity index (χ4n) is 3.00. The number of methoxy groups -OCH3 is 1. The summed E-state index contributed by atoms with van der Waals surface area (Å²) >= 11 is 0. The van der Waals surface area contributed by atoms with Crippen LogP contribution in [-0.2, 0) is 22.3 Å². The lowest BCUT2D eigenvalue weighted by Crippen LogP contribution is -2.32. The number of fused-ring (bicyclic) bond motifs is 1. The molecule has 0 saturated carbocycles. The van der Waals surface area contributed by atoms with E-state index in [1.54, 1.807) is 24.3 Å². The Morgan fingerprint density at radius 3 is 2.45 bits per heavy atom. The van der Waals surface area contributed by atoms with E-state index in [1.165, 1.54) is 24.5 Å². The lowest BCUT2D eigenvalue weighted by atomic mass is 10.0. The number of alkyl halides is 3. The minimum absolute atomic E-state index is 0.0730. The molecule has 2 N–H and O–H groups in total. The highest BCUT2D eigenvalue weighted by atomic mass is 19.4. The van der Waals surface area contributed by atoms with E-state index >= 15 is 0 Å². The molecular weight excluding hydrogens is 415 g/mol. The molecule has 0 aliphatic carbocycles. The summed E-state index contributed by atoms with van der Waals surface area (Å²) in [4.78, 5) is 24.0. The second-order valence-corrected chi connectivity index (χ2v) is 6.77. The molecule has 0 bridgehead atoms. The molecule has 0 aliphatic rings. The number of carbonyl (C=O) groups excluding carboxylic acids is 2. The molecule has 3 rings (SSSR count). The molecule has 11 heteroatoms. The summed E-state index contributed by atoms with van der Waals surface area (Å²) in [7, 11) is 1.53. The molecule has 0 aliphatic heterocycles. The normalized spacial score (nSPS) is 12.4. The van der Waals surface area contributed by atoms with Gasteiger partial charge in [-0.3, -0.25) is 14.0 Å². The number of halogens is 3. The zero-order valence-corrected chi connectivity index (χ0v) is 16.7. The van der Waals surface area contributed by atoms with Gasteiger partial charge in [-0.2, -0.15) is 13.2 Å². The number of carbonyl (C=O) groups is 2. The van der Waals surface area contributed by atoms with E-state index in [0.717, 1.165) is 12.3 Å². The van der Waals surface area contributed by atoms with Gasteiger partial charge in [-0.05, 0) is 29.8 Å².